The summed E-state index contributed by atoms with van der Waals surface area (Å²) in [4.78, 5) is 25.0. The van der Waals surface area contributed by atoms with Gasteiger partial charge in [-0.3, -0.25) is 4.79 Å². The lowest BCUT2D eigenvalue weighted by Gasteiger charge is -2.28. The first-order valence-corrected chi connectivity index (χ1v) is 9.11. The molecule has 0 bridgehead atoms. The minimum absolute atomic E-state index is 0.0437. The Bertz CT molecular complexity index is 633. The number of phenols is 1. The van der Waals surface area contributed by atoms with Crippen LogP contribution in [0, 0.1) is 0 Å². The predicted molar refractivity (Wildman–Crippen MR) is 105 cm³/mol. The van der Waals surface area contributed by atoms with Crippen LogP contribution < -0.4 is 10.6 Å². The molecule has 27 heavy (non-hydrogen) atoms. The van der Waals surface area contributed by atoms with E-state index in [9.17, 15) is 14.7 Å². The Kier molecular flexibility index (Phi) is 9.79. The number of hydrogen-bond donors (Lipinski definition) is 3. The fraction of sp³-hybridized carbons (Fsp3) is 0.500. The summed E-state index contributed by atoms with van der Waals surface area (Å²) in [5, 5.41) is 15.4. The van der Waals surface area contributed by atoms with Crippen LogP contribution in [0.15, 0.2) is 36.6 Å². The topological polar surface area (TPSA) is 90.9 Å². The van der Waals surface area contributed by atoms with Gasteiger partial charge in [0.05, 0.1) is 11.8 Å². The van der Waals surface area contributed by atoms with Gasteiger partial charge in [0.25, 0.3) is 0 Å². The number of ether oxygens (including phenoxy) is 1. The van der Waals surface area contributed by atoms with Crippen molar-refractivity contribution in [3.63, 3.8) is 0 Å². The van der Waals surface area contributed by atoms with Crippen LogP contribution in [-0.4, -0.2) is 48.2 Å². The number of phenolic OH excluding ortho intramolecular Hbond substituents is 1. The summed E-state index contributed by atoms with van der Waals surface area (Å²) in [5.41, 5.74) is 0.657. The van der Waals surface area contributed by atoms with Gasteiger partial charge in [-0.05, 0) is 32.3 Å². The maximum atomic E-state index is 12.5. The predicted octanol–water partition coefficient (Wildman–Crippen LogP) is 2.76. The number of hydrogen-bond acceptors (Lipinski definition) is 4. The van der Waals surface area contributed by atoms with Crippen LogP contribution in [0.1, 0.15) is 38.7 Å². The first-order valence-electron chi connectivity index (χ1n) is 9.11. The maximum absolute atomic E-state index is 12.5. The molecule has 0 fully saturated rings. The third kappa shape index (κ3) is 8.99. The number of nitrogens with one attached hydrogen (secondary N) is 2. The number of rotatable bonds is 11. The number of para-hydroxylation sites is 1. The second kappa shape index (κ2) is 11.8. The minimum Gasteiger partial charge on any atom is -0.508 e. The average molecular weight is 377 g/mol. The van der Waals surface area contributed by atoms with Crippen LogP contribution >= 0.6 is 0 Å². The Morgan fingerprint density at radius 3 is 2.56 bits per heavy atom. The van der Waals surface area contributed by atoms with E-state index in [-0.39, 0.29) is 30.3 Å². The molecule has 1 unspecified atom stereocenters. The summed E-state index contributed by atoms with van der Waals surface area (Å²) >= 11 is 0. The lowest BCUT2D eigenvalue weighted by atomic mass is 10.1. The van der Waals surface area contributed by atoms with E-state index in [0.29, 0.717) is 24.5 Å². The molecule has 0 radical (unpaired) electrons. The van der Waals surface area contributed by atoms with Gasteiger partial charge < -0.3 is 25.4 Å². The molecular formula is C20H31N3O4. The Morgan fingerprint density at radius 2 is 1.93 bits per heavy atom. The zero-order valence-corrected chi connectivity index (χ0v) is 16.5. The fourth-order valence-corrected chi connectivity index (χ4v) is 2.52. The molecule has 7 heteroatoms. The van der Waals surface area contributed by atoms with Gasteiger partial charge in [0.2, 0.25) is 5.91 Å². The summed E-state index contributed by atoms with van der Waals surface area (Å²) in [6, 6.07) is 6.53. The van der Waals surface area contributed by atoms with E-state index in [1.54, 1.807) is 37.1 Å². The molecule has 7 nitrogen and oxygen atoms in total. The normalized spacial score (nSPS) is 11.4. The fourth-order valence-electron chi connectivity index (χ4n) is 2.52. The molecule has 3 N–H and O–H groups in total. The highest BCUT2D eigenvalue weighted by molar-refractivity contribution is 5.74. The van der Waals surface area contributed by atoms with E-state index in [2.05, 4.69) is 17.2 Å². The van der Waals surface area contributed by atoms with Crippen molar-refractivity contribution in [3.05, 3.63) is 42.2 Å². The molecule has 1 aromatic rings. The molecule has 0 aliphatic carbocycles. The van der Waals surface area contributed by atoms with Gasteiger partial charge in [-0.25, -0.2) is 4.79 Å². The highest BCUT2D eigenvalue weighted by atomic mass is 16.5. The highest BCUT2D eigenvalue weighted by Gasteiger charge is 2.20. The summed E-state index contributed by atoms with van der Waals surface area (Å²) in [5.74, 6) is 0.708. The Hall–Kier alpha value is -2.70. The van der Waals surface area contributed by atoms with Crippen LogP contribution in [0.3, 0.4) is 0 Å². The summed E-state index contributed by atoms with van der Waals surface area (Å²) in [6.45, 7) is 8.21. The lowest BCUT2D eigenvalue weighted by molar-refractivity contribution is -0.118. The summed E-state index contributed by atoms with van der Waals surface area (Å²) in [6.07, 6.45) is 2.42. The molecular weight excluding hydrogens is 346 g/mol. The second-order valence-corrected chi connectivity index (χ2v) is 6.54. The van der Waals surface area contributed by atoms with E-state index < -0.39 is 0 Å². The van der Waals surface area contributed by atoms with Crippen molar-refractivity contribution < 1.29 is 19.4 Å². The molecule has 0 aromatic heterocycles. The molecule has 3 amide bonds. The molecule has 0 spiro atoms. The molecule has 1 rings (SSSR count). The van der Waals surface area contributed by atoms with Gasteiger partial charge in [0.1, 0.15) is 12.4 Å². The number of urea groups is 1. The Labute approximate surface area is 161 Å². The average Bonchev–Trinajstić information content (AvgIpc) is 2.62. The number of benzene rings is 1. The van der Waals surface area contributed by atoms with Crippen LogP contribution in [0.5, 0.6) is 5.75 Å². The number of nitrogens with zero attached hydrogens (tertiary/aromatic N) is 1. The quantitative estimate of drug-likeness (QED) is 0.408. The number of unbranched alkanes of at least 4 members (excludes halogenated alkanes) is 1. The maximum Gasteiger partial charge on any atom is 0.317 e. The van der Waals surface area contributed by atoms with E-state index >= 15 is 0 Å². The number of allylic oxidation sites excluding steroid dienone is 1. The van der Waals surface area contributed by atoms with E-state index in [1.807, 2.05) is 6.07 Å². The first kappa shape index (κ1) is 22.3. The van der Waals surface area contributed by atoms with Crippen molar-refractivity contribution in [1.82, 2.24) is 15.5 Å². The number of carbonyl (C=O) groups is 2. The van der Waals surface area contributed by atoms with Gasteiger partial charge in [-0.2, -0.15) is 0 Å². The second-order valence-electron chi connectivity index (χ2n) is 6.54. The molecule has 0 saturated carbocycles. The summed E-state index contributed by atoms with van der Waals surface area (Å²) < 4.78 is 5.53. The molecule has 1 aromatic carbocycles. The van der Waals surface area contributed by atoms with Crippen molar-refractivity contribution in [2.45, 2.75) is 45.7 Å². The van der Waals surface area contributed by atoms with Gasteiger partial charge in [-0.15, -0.1) is 0 Å². The van der Waals surface area contributed by atoms with E-state index in [4.69, 9.17) is 4.74 Å². The van der Waals surface area contributed by atoms with Gasteiger partial charge in [0.15, 0.2) is 0 Å². The van der Waals surface area contributed by atoms with Gasteiger partial charge >= 0.3 is 6.03 Å². The molecule has 150 valence electrons. The van der Waals surface area contributed by atoms with Gasteiger partial charge in [-0.1, -0.05) is 24.8 Å². The van der Waals surface area contributed by atoms with Crippen LogP contribution in [0.2, 0.25) is 0 Å². The summed E-state index contributed by atoms with van der Waals surface area (Å²) in [7, 11) is 1.72. The number of likely N-dealkylation sites (N-methyl/N-ethyl adjacent to an activating group) is 1. The van der Waals surface area contributed by atoms with Crippen LogP contribution in [-0.2, 0) is 16.1 Å². The van der Waals surface area contributed by atoms with Crippen molar-refractivity contribution in [3.8, 4) is 5.75 Å². The zero-order chi connectivity index (χ0) is 20.2. The Morgan fingerprint density at radius 1 is 1.22 bits per heavy atom. The Balaban J connectivity index is 2.55. The zero-order valence-electron chi connectivity index (χ0n) is 16.5. The van der Waals surface area contributed by atoms with Crippen LogP contribution in [0.4, 0.5) is 4.79 Å². The molecule has 0 aliphatic rings. The minimum atomic E-state index is -0.240. The molecule has 0 heterocycles. The number of amides is 3. The lowest BCUT2D eigenvalue weighted by Crippen LogP contribution is -2.45. The standard InChI is InChI=1S/C20H31N3O4/c1-15(2)27-14-18(10-7-8-12-21-16(3)24)23(4)20(26)22-13-17-9-5-6-11-19(17)25/h5-6,9,11,18,25H,1,7-8,10,12-14H2,2-4H3,(H,21,24)(H,22,26). The van der Waals surface area contributed by atoms with E-state index in [0.717, 1.165) is 19.3 Å². The van der Waals surface area contributed by atoms with Crippen molar-refractivity contribution in [1.29, 1.82) is 0 Å². The largest absolute Gasteiger partial charge is 0.508 e. The smallest absolute Gasteiger partial charge is 0.317 e. The number of aromatic hydroxyl groups is 1. The SMILES string of the molecule is C=C(C)OCC(CCCCNC(C)=O)N(C)C(=O)NCc1ccccc1O. The molecule has 0 aliphatic heterocycles. The van der Waals surface area contributed by atoms with Crippen LogP contribution in [0.25, 0.3) is 0 Å². The van der Waals surface area contributed by atoms with Crippen molar-refractivity contribution in [2.24, 2.45) is 0 Å². The molecule has 0 saturated heterocycles. The first-order chi connectivity index (χ1) is 12.8. The van der Waals surface area contributed by atoms with Crippen molar-refractivity contribution in [2.75, 3.05) is 20.2 Å². The highest BCUT2D eigenvalue weighted by Crippen LogP contribution is 2.15. The third-order valence-corrected chi connectivity index (χ3v) is 4.15. The van der Waals surface area contributed by atoms with Gasteiger partial charge in [0, 0.05) is 32.6 Å². The van der Waals surface area contributed by atoms with Crippen molar-refractivity contribution >= 4 is 11.9 Å². The third-order valence-electron chi connectivity index (χ3n) is 4.15. The molecule has 1 atom stereocenters. The monoisotopic (exact) mass is 377 g/mol. The van der Waals surface area contributed by atoms with E-state index in [1.165, 1.54) is 6.92 Å². The number of carbonyl (C=O) groups excluding carboxylic acids is 2.